The molecule has 0 saturated heterocycles. The van der Waals surface area contributed by atoms with Crippen LogP contribution in [0.25, 0.3) is 0 Å². The first kappa shape index (κ1) is 79.4. The number of hydrogen-bond donors (Lipinski definition) is 14. The first-order chi connectivity index (χ1) is 44.3. The zero-order chi connectivity index (χ0) is 69.0. The molecule has 516 valence electrons. The summed E-state index contributed by atoms with van der Waals surface area (Å²) in [6.45, 7) is 15.7. The fourth-order valence-electron chi connectivity index (χ4n) is 10.5. The van der Waals surface area contributed by atoms with Crippen LogP contribution in [0.15, 0.2) is 91.0 Å². The fraction of sp³-hybridized carbons (Fsp3) is 0.594. The normalized spacial score (nSPS) is 14.9. The minimum atomic E-state index is -1.34. The van der Waals surface area contributed by atoms with Crippen LogP contribution in [0.3, 0.4) is 0 Å². The van der Waals surface area contributed by atoms with Gasteiger partial charge in [0.1, 0.15) is 54.4 Å². The molecule has 0 radical (unpaired) electrons. The Morgan fingerprint density at radius 3 is 0.849 bits per heavy atom. The number of hydrogen-bond acceptors (Lipinski definition) is 14. The second-order valence-electron chi connectivity index (χ2n) is 25.6. The maximum atomic E-state index is 14.9. The lowest BCUT2D eigenvalue weighted by Crippen LogP contribution is -2.61. The van der Waals surface area contributed by atoms with Gasteiger partial charge in [-0.1, -0.05) is 153 Å². The summed E-state index contributed by atoms with van der Waals surface area (Å²) < 4.78 is 0. The van der Waals surface area contributed by atoms with E-state index in [1.165, 1.54) is 0 Å². The third-order valence-electron chi connectivity index (χ3n) is 16.0. The van der Waals surface area contributed by atoms with Gasteiger partial charge in [0.05, 0.1) is 6.04 Å². The van der Waals surface area contributed by atoms with E-state index in [1.54, 1.807) is 84.9 Å². The summed E-state index contributed by atoms with van der Waals surface area (Å²) >= 11 is 0. The first-order valence-electron chi connectivity index (χ1n) is 33.2. The lowest BCUT2D eigenvalue weighted by Gasteiger charge is -2.29. The van der Waals surface area contributed by atoms with Crippen molar-refractivity contribution in [3.8, 4) is 0 Å². The molecule has 0 aliphatic rings. The van der Waals surface area contributed by atoms with Crippen LogP contribution in [0.2, 0.25) is 0 Å². The second kappa shape index (κ2) is 43.2. The highest BCUT2D eigenvalue weighted by atomic mass is 16.4. The Kier molecular flexibility index (Phi) is 36.9. The highest BCUT2D eigenvalue weighted by molar-refractivity contribution is 5.98. The standard InChI is InChI=1S/C69H109N13O11/c1-9-46(8)59(73)68(91)76-52(33-21-24-36-72)62(85)80-56(41-48-27-15-11-16-28-48)66(89)78-54(38-44(4)5)63(86)74-50(31-19-22-34-70)60(83)79-55(40-47-25-13-10-14-26-47)65(88)77-53(37-43(2)3)64(87)75-51(32-20-23-35-71)61(84)81-57(42-49-29-17-12-18-30-49)67(90)82-58(69(92)93)39-45(6)7/h10-18,25-30,43-46,50-59H,9,19-24,31-42,70-73H2,1-8H3,(H,74,86)(H,75,87)(H,76,91)(H,77,88)(H,78,89)(H,79,83)(H,80,85)(H,81,84)(H,82,90)(H,92,93)/t46?,50-,51-,52-,53-,54-,55-,56-,57-,58-,59-/m0/s1. The van der Waals surface area contributed by atoms with E-state index in [1.807, 2.05) is 61.5 Å². The largest absolute Gasteiger partial charge is 0.480 e. The Hall–Kier alpha value is -7.80. The molecule has 0 spiro atoms. The smallest absolute Gasteiger partial charge is 0.326 e. The third-order valence-corrected chi connectivity index (χ3v) is 16.0. The van der Waals surface area contributed by atoms with Gasteiger partial charge in [-0.05, 0) is 137 Å². The molecule has 0 aliphatic carbocycles. The van der Waals surface area contributed by atoms with Crippen LogP contribution in [0, 0.1) is 23.7 Å². The zero-order valence-electron chi connectivity index (χ0n) is 56.0. The molecule has 93 heavy (non-hydrogen) atoms. The highest BCUT2D eigenvalue weighted by Gasteiger charge is 2.37. The molecule has 3 rings (SSSR count). The quantitative estimate of drug-likeness (QED) is 0.0362. The number of unbranched alkanes of at least 4 members (excludes halogenated alkanes) is 3. The Balaban J connectivity index is 2.00. The van der Waals surface area contributed by atoms with Crippen molar-refractivity contribution in [2.75, 3.05) is 19.6 Å². The summed E-state index contributed by atoms with van der Waals surface area (Å²) in [6.07, 6.45) is 4.06. The number of aliphatic carboxylic acids is 1. The van der Waals surface area contributed by atoms with E-state index >= 15 is 0 Å². The SMILES string of the molecule is CCC(C)[C@H](N)C(=O)N[C@@H](CCCCN)C(=O)N[C@@H](Cc1ccccc1)C(=O)N[C@@H](CC(C)C)C(=O)N[C@@H](CCCCN)C(=O)N[C@@H](Cc1ccccc1)C(=O)N[C@@H](CC(C)C)C(=O)N[C@@H](CCCCN)C(=O)N[C@@H](Cc1ccccc1)C(=O)N[C@@H](CC(C)C)C(=O)O. The zero-order valence-corrected chi connectivity index (χ0v) is 56.0. The van der Waals surface area contributed by atoms with Gasteiger partial charge < -0.3 is 75.9 Å². The molecule has 0 aromatic heterocycles. The first-order valence-corrected chi connectivity index (χ1v) is 33.2. The van der Waals surface area contributed by atoms with Gasteiger partial charge in [0.15, 0.2) is 0 Å². The van der Waals surface area contributed by atoms with E-state index in [9.17, 15) is 53.1 Å². The number of nitrogens with two attached hydrogens (primary N) is 4. The molecule has 0 heterocycles. The Bertz CT molecular complexity index is 2780. The van der Waals surface area contributed by atoms with Crippen molar-refractivity contribution in [1.82, 2.24) is 47.9 Å². The number of carbonyl (C=O) groups is 10. The van der Waals surface area contributed by atoms with Crippen LogP contribution in [0.4, 0.5) is 0 Å². The molecule has 3 aromatic rings. The summed E-state index contributed by atoms with van der Waals surface area (Å²) in [7, 11) is 0. The van der Waals surface area contributed by atoms with Crippen molar-refractivity contribution in [1.29, 1.82) is 0 Å². The highest BCUT2D eigenvalue weighted by Crippen LogP contribution is 2.16. The molecule has 11 atom stereocenters. The number of carbonyl (C=O) groups excluding carboxylic acids is 9. The summed E-state index contributed by atoms with van der Waals surface area (Å²) in [6, 6.07) is 14.6. The van der Waals surface area contributed by atoms with Crippen LogP contribution in [-0.2, 0) is 67.2 Å². The molecule has 3 aromatic carbocycles. The van der Waals surface area contributed by atoms with Crippen LogP contribution in [0.1, 0.15) is 156 Å². The Morgan fingerprint density at radius 1 is 0.344 bits per heavy atom. The number of nitrogens with one attached hydrogen (secondary N) is 9. The third kappa shape index (κ3) is 30.2. The molecule has 0 saturated carbocycles. The van der Waals surface area contributed by atoms with Crippen LogP contribution in [0.5, 0.6) is 0 Å². The van der Waals surface area contributed by atoms with E-state index < -0.39 is 120 Å². The summed E-state index contributed by atoms with van der Waals surface area (Å²) in [5.41, 5.74) is 25.9. The van der Waals surface area contributed by atoms with Gasteiger partial charge in [-0.3, -0.25) is 43.2 Å². The van der Waals surface area contributed by atoms with Gasteiger partial charge in [0.2, 0.25) is 53.2 Å². The topological polar surface area (TPSA) is 403 Å². The maximum Gasteiger partial charge on any atom is 0.326 e. The number of carboxylic acids is 1. The van der Waals surface area contributed by atoms with E-state index in [0.29, 0.717) is 68.2 Å². The van der Waals surface area contributed by atoms with Crippen molar-refractivity contribution in [2.45, 2.75) is 219 Å². The molecule has 0 aliphatic heterocycles. The second-order valence-corrected chi connectivity index (χ2v) is 25.6. The van der Waals surface area contributed by atoms with Gasteiger partial charge in [-0.25, -0.2) is 4.79 Å². The number of rotatable bonds is 45. The van der Waals surface area contributed by atoms with E-state index in [-0.39, 0.29) is 94.5 Å². The van der Waals surface area contributed by atoms with Gasteiger partial charge in [0.25, 0.3) is 0 Å². The lowest BCUT2D eigenvalue weighted by atomic mass is 9.98. The molecule has 0 bridgehead atoms. The minimum Gasteiger partial charge on any atom is -0.480 e. The average Bonchev–Trinajstić information content (AvgIpc) is 1.07. The fourth-order valence-corrected chi connectivity index (χ4v) is 10.5. The van der Waals surface area contributed by atoms with E-state index in [4.69, 9.17) is 22.9 Å². The molecule has 24 nitrogen and oxygen atoms in total. The minimum absolute atomic E-state index is 0.00371. The molecule has 24 heteroatoms. The summed E-state index contributed by atoms with van der Waals surface area (Å²) in [4.78, 5) is 142. The van der Waals surface area contributed by atoms with Gasteiger partial charge >= 0.3 is 5.97 Å². The lowest BCUT2D eigenvalue weighted by molar-refractivity contribution is -0.142. The molecular weight excluding hydrogens is 1190 g/mol. The molecule has 1 unspecified atom stereocenters. The van der Waals surface area contributed by atoms with Crippen molar-refractivity contribution < 1.29 is 53.1 Å². The molecule has 0 fully saturated rings. The average molecular weight is 1300 g/mol. The predicted molar refractivity (Wildman–Crippen MR) is 360 cm³/mol. The van der Waals surface area contributed by atoms with Crippen LogP contribution >= 0.6 is 0 Å². The van der Waals surface area contributed by atoms with Crippen molar-refractivity contribution >= 4 is 59.1 Å². The van der Waals surface area contributed by atoms with Crippen molar-refractivity contribution in [3.63, 3.8) is 0 Å². The molecular formula is C69H109N13O11. The molecule has 9 amide bonds. The van der Waals surface area contributed by atoms with Crippen molar-refractivity contribution in [2.24, 2.45) is 46.6 Å². The Labute approximate surface area is 550 Å². The number of carboxylic acid groups (broad SMARTS) is 1. The monoisotopic (exact) mass is 1300 g/mol. The summed E-state index contributed by atoms with van der Waals surface area (Å²) in [5, 5.41) is 35.2. The number of benzene rings is 3. The predicted octanol–water partition coefficient (Wildman–Crippen LogP) is 3.06. The summed E-state index contributed by atoms with van der Waals surface area (Å²) in [5.74, 6) is -8.11. The van der Waals surface area contributed by atoms with Gasteiger partial charge in [0, 0.05) is 19.3 Å². The van der Waals surface area contributed by atoms with E-state index in [0.717, 1.165) is 0 Å². The van der Waals surface area contributed by atoms with E-state index in [2.05, 4.69) is 47.9 Å². The van der Waals surface area contributed by atoms with Gasteiger partial charge in [-0.2, -0.15) is 0 Å². The number of amides is 9. The molecule has 18 N–H and O–H groups in total. The maximum absolute atomic E-state index is 14.9. The van der Waals surface area contributed by atoms with Gasteiger partial charge in [-0.15, -0.1) is 0 Å². The van der Waals surface area contributed by atoms with Crippen molar-refractivity contribution in [3.05, 3.63) is 108 Å². The Morgan fingerprint density at radius 2 is 0.581 bits per heavy atom. The van der Waals surface area contributed by atoms with Crippen LogP contribution < -0.4 is 70.8 Å². The van der Waals surface area contributed by atoms with Crippen LogP contribution in [-0.4, -0.2) is 144 Å².